The van der Waals surface area contributed by atoms with Crippen molar-refractivity contribution in [3.63, 3.8) is 0 Å². The quantitative estimate of drug-likeness (QED) is 0.324. The van der Waals surface area contributed by atoms with Gasteiger partial charge in [0, 0.05) is 24.4 Å². The van der Waals surface area contributed by atoms with Crippen molar-refractivity contribution in [2.75, 3.05) is 12.4 Å². The highest BCUT2D eigenvalue weighted by Gasteiger charge is 2.19. The van der Waals surface area contributed by atoms with E-state index in [1.807, 2.05) is 31.2 Å². The SMILES string of the molecule is COc1cccc(Oc2ccc(Nc3nc(=O)n(C[C@H](C)C(=O)O)c(=O)n3Cc3ccc(C)cc3)cc2)n1. The van der Waals surface area contributed by atoms with Crippen LogP contribution in [0.25, 0.3) is 0 Å². The maximum Gasteiger partial charge on any atom is 0.354 e. The second-order valence-corrected chi connectivity index (χ2v) is 8.69. The van der Waals surface area contributed by atoms with E-state index in [0.717, 1.165) is 15.7 Å². The van der Waals surface area contributed by atoms with Crippen molar-refractivity contribution in [1.82, 2.24) is 19.1 Å². The van der Waals surface area contributed by atoms with E-state index in [-0.39, 0.29) is 19.0 Å². The molecule has 2 heterocycles. The first-order chi connectivity index (χ1) is 18.2. The number of ether oxygens (including phenoxy) is 2. The van der Waals surface area contributed by atoms with Gasteiger partial charge in [0.25, 0.3) is 0 Å². The van der Waals surface area contributed by atoms with Crippen LogP contribution in [0.15, 0.2) is 76.3 Å². The molecule has 0 saturated heterocycles. The molecule has 0 aliphatic heterocycles. The van der Waals surface area contributed by atoms with Gasteiger partial charge in [-0.15, -0.1) is 0 Å². The Bertz CT molecular complexity index is 1540. The number of methoxy groups -OCH3 is 1. The number of anilines is 2. The van der Waals surface area contributed by atoms with E-state index in [0.29, 0.717) is 23.2 Å². The molecule has 0 saturated carbocycles. The Kier molecular flexibility index (Phi) is 7.86. The van der Waals surface area contributed by atoms with Gasteiger partial charge in [0.05, 0.1) is 19.6 Å². The summed E-state index contributed by atoms with van der Waals surface area (Å²) in [7, 11) is 1.52. The molecule has 1 atom stereocenters. The molecule has 2 N–H and O–H groups in total. The van der Waals surface area contributed by atoms with Gasteiger partial charge in [0.2, 0.25) is 17.7 Å². The Balaban J connectivity index is 1.64. The lowest BCUT2D eigenvalue weighted by Gasteiger charge is -2.17. The minimum atomic E-state index is -1.12. The topological polar surface area (TPSA) is 138 Å². The predicted octanol–water partition coefficient (Wildman–Crippen LogP) is 3.42. The zero-order valence-electron chi connectivity index (χ0n) is 21.1. The number of hydrogen-bond donors (Lipinski definition) is 2. The number of benzene rings is 2. The normalized spacial score (nSPS) is 11.6. The van der Waals surface area contributed by atoms with Crippen LogP contribution in [0.3, 0.4) is 0 Å². The number of aryl methyl sites for hydroxylation is 1. The summed E-state index contributed by atoms with van der Waals surface area (Å²) in [6, 6.07) is 19.5. The van der Waals surface area contributed by atoms with Crippen LogP contribution in [0.5, 0.6) is 17.5 Å². The van der Waals surface area contributed by atoms with E-state index in [1.165, 1.54) is 18.6 Å². The maximum atomic E-state index is 13.4. The van der Waals surface area contributed by atoms with Crippen LogP contribution < -0.4 is 26.2 Å². The molecule has 4 aromatic rings. The average Bonchev–Trinajstić information content (AvgIpc) is 2.91. The Morgan fingerprint density at radius 2 is 1.66 bits per heavy atom. The number of nitrogens with zero attached hydrogens (tertiary/aromatic N) is 4. The van der Waals surface area contributed by atoms with Crippen molar-refractivity contribution >= 4 is 17.6 Å². The van der Waals surface area contributed by atoms with Crippen LogP contribution in [-0.4, -0.2) is 37.3 Å². The van der Waals surface area contributed by atoms with Crippen molar-refractivity contribution in [3.8, 4) is 17.5 Å². The summed E-state index contributed by atoms with van der Waals surface area (Å²) >= 11 is 0. The number of pyridine rings is 1. The van der Waals surface area contributed by atoms with E-state index in [4.69, 9.17) is 9.47 Å². The van der Waals surface area contributed by atoms with Gasteiger partial charge < -0.3 is 19.9 Å². The van der Waals surface area contributed by atoms with Crippen molar-refractivity contribution in [2.24, 2.45) is 5.92 Å². The highest BCUT2D eigenvalue weighted by Crippen LogP contribution is 2.24. The Hall–Kier alpha value is -4.93. The molecule has 0 spiro atoms. The van der Waals surface area contributed by atoms with Gasteiger partial charge in [-0.05, 0) is 36.8 Å². The third kappa shape index (κ3) is 6.25. The summed E-state index contributed by atoms with van der Waals surface area (Å²) in [4.78, 5) is 45.7. The molecule has 0 bridgehead atoms. The molecule has 38 heavy (non-hydrogen) atoms. The van der Waals surface area contributed by atoms with Crippen LogP contribution >= 0.6 is 0 Å². The molecule has 11 nitrogen and oxygen atoms in total. The number of aliphatic carboxylic acids is 1. The third-order valence-corrected chi connectivity index (χ3v) is 5.73. The third-order valence-electron chi connectivity index (χ3n) is 5.73. The fraction of sp³-hybridized carbons (Fsp3) is 0.222. The summed E-state index contributed by atoms with van der Waals surface area (Å²) in [5.74, 6) is -0.735. The van der Waals surface area contributed by atoms with Crippen LogP contribution in [0, 0.1) is 12.8 Å². The van der Waals surface area contributed by atoms with E-state index in [1.54, 1.807) is 42.5 Å². The average molecular weight is 518 g/mol. The molecule has 0 aliphatic rings. The molecule has 2 aromatic carbocycles. The largest absolute Gasteiger partial charge is 0.481 e. The maximum absolute atomic E-state index is 13.4. The summed E-state index contributed by atoms with van der Waals surface area (Å²) in [6.07, 6.45) is 0. The summed E-state index contributed by atoms with van der Waals surface area (Å²) in [5, 5.41) is 12.3. The Labute approximate surface area is 218 Å². The van der Waals surface area contributed by atoms with Crippen molar-refractivity contribution in [1.29, 1.82) is 0 Å². The molecular weight excluding hydrogens is 490 g/mol. The molecule has 0 aliphatic carbocycles. The molecule has 0 amide bonds. The lowest BCUT2D eigenvalue weighted by Crippen LogP contribution is -2.44. The van der Waals surface area contributed by atoms with Gasteiger partial charge in [-0.2, -0.15) is 9.97 Å². The van der Waals surface area contributed by atoms with Gasteiger partial charge in [-0.3, -0.25) is 9.36 Å². The Morgan fingerprint density at radius 3 is 2.32 bits per heavy atom. The number of hydrogen-bond acceptors (Lipinski definition) is 8. The molecule has 11 heteroatoms. The molecule has 2 aromatic heterocycles. The molecule has 0 unspecified atom stereocenters. The molecular formula is C27H27N5O6. The molecule has 0 fully saturated rings. The van der Waals surface area contributed by atoms with Gasteiger partial charge in [0.1, 0.15) is 5.75 Å². The second kappa shape index (κ2) is 11.4. The summed E-state index contributed by atoms with van der Waals surface area (Å²) in [5.41, 5.74) is 0.925. The second-order valence-electron chi connectivity index (χ2n) is 8.69. The first kappa shape index (κ1) is 26.1. The highest BCUT2D eigenvalue weighted by atomic mass is 16.5. The van der Waals surface area contributed by atoms with Crippen molar-refractivity contribution < 1.29 is 19.4 Å². The Morgan fingerprint density at radius 1 is 0.974 bits per heavy atom. The van der Waals surface area contributed by atoms with E-state index in [2.05, 4.69) is 15.3 Å². The zero-order chi connectivity index (χ0) is 27.2. The fourth-order valence-corrected chi connectivity index (χ4v) is 3.57. The smallest absolute Gasteiger partial charge is 0.354 e. The molecule has 4 rings (SSSR count). The highest BCUT2D eigenvalue weighted by molar-refractivity contribution is 5.69. The predicted molar refractivity (Wildman–Crippen MR) is 140 cm³/mol. The number of nitrogens with one attached hydrogen (secondary N) is 1. The molecule has 196 valence electrons. The van der Waals surface area contributed by atoms with E-state index in [9.17, 15) is 19.5 Å². The monoisotopic (exact) mass is 517 g/mol. The minimum absolute atomic E-state index is 0.0305. The number of carboxylic acid groups (broad SMARTS) is 1. The summed E-state index contributed by atoms with van der Waals surface area (Å²) < 4.78 is 13.0. The van der Waals surface area contributed by atoms with Crippen LogP contribution in [0.1, 0.15) is 18.1 Å². The van der Waals surface area contributed by atoms with Crippen LogP contribution in [0.2, 0.25) is 0 Å². The zero-order valence-corrected chi connectivity index (χ0v) is 21.1. The standard InChI is InChI=1S/C27H27N5O6/c1-17-7-9-19(10-8-17)16-31-25(30-26(35)32(27(31)36)15-18(2)24(33)34)28-20-11-13-21(14-12-20)38-23-6-4-5-22(29-23)37-3/h4-14,18H,15-16H2,1-3H3,(H,33,34)(H,28,30,35)/t18-/m0/s1. The number of carbonyl (C=O) groups is 1. The van der Waals surface area contributed by atoms with Crippen molar-refractivity contribution in [3.05, 3.63) is 98.8 Å². The van der Waals surface area contributed by atoms with Crippen LogP contribution in [0.4, 0.5) is 11.6 Å². The molecule has 0 radical (unpaired) electrons. The lowest BCUT2D eigenvalue weighted by molar-refractivity contribution is -0.141. The van der Waals surface area contributed by atoms with Crippen molar-refractivity contribution in [2.45, 2.75) is 26.9 Å². The van der Waals surface area contributed by atoms with Gasteiger partial charge in [0.15, 0.2) is 0 Å². The van der Waals surface area contributed by atoms with Gasteiger partial charge in [-0.25, -0.2) is 14.2 Å². The van der Waals surface area contributed by atoms with Crippen LogP contribution in [-0.2, 0) is 17.9 Å². The van der Waals surface area contributed by atoms with E-state index >= 15 is 0 Å². The number of aromatic nitrogens is 4. The summed E-state index contributed by atoms with van der Waals surface area (Å²) in [6.45, 7) is 3.21. The lowest BCUT2D eigenvalue weighted by atomic mass is 10.1. The van der Waals surface area contributed by atoms with Gasteiger partial charge >= 0.3 is 17.3 Å². The number of carboxylic acids is 1. The first-order valence-corrected chi connectivity index (χ1v) is 11.8. The minimum Gasteiger partial charge on any atom is -0.481 e. The van der Waals surface area contributed by atoms with E-state index < -0.39 is 23.3 Å². The number of rotatable bonds is 10. The van der Waals surface area contributed by atoms with Gasteiger partial charge in [-0.1, -0.05) is 42.8 Å². The first-order valence-electron chi connectivity index (χ1n) is 11.8. The fourth-order valence-electron chi connectivity index (χ4n) is 3.57.